The van der Waals surface area contributed by atoms with E-state index in [-0.39, 0.29) is 6.61 Å². The molecular formula is C20H13F3O3S. The number of aldehydes is 1. The van der Waals surface area contributed by atoms with E-state index in [9.17, 15) is 22.8 Å². The van der Waals surface area contributed by atoms with Crippen molar-refractivity contribution in [1.82, 2.24) is 0 Å². The summed E-state index contributed by atoms with van der Waals surface area (Å²) in [5.74, 6) is -1.06. The Morgan fingerprint density at radius 3 is 2.41 bits per heavy atom. The van der Waals surface area contributed by atoms with Crippen LogP contribution in [0.5, 0.6) is 0 Å². The fourth-order valence-corrected chi connectivity index (χ4v) is 3.30. The lowest BCUT2D eigenvalue weighted by Gasteiger charge is -2.14. The van der Waals surface area contributed by atoms with E-state index in [1.807, 2.05) is 0 Å². The number of hydrogen-bond acceptors (Lipinski definition) is 4. The standard InChI is InChI=1S/C20H13F3O3S/c21-20(22,23)17-8-6-14(18-9-7-15(11-24)27-18)10-16(17)19(25)26-12-13-4-2-1-3-5-13/h1-11H,12H2. The molecule has 0 saturated heterocycles. The number of esters is 1. The van der Waals surface area contributed by atoms with Crippen LogP contribution in [0.4, 0.5) is 13.2 Å². The van der Waals surface area contributed by atoms with Gasteiger partial charge in [0.05, 0.1) is 16.0 Å². The summed E-state index contributed by atoms with van der Waals surface area (Å²) in [4.78, 5) is 24.2. The Bertz CT molecular complexity index is 962. The lowest BCUT2D eigenvalue weighted by atomic mass is 10.0. The number of rotatable bonds is 5. The second-order valence-corrected chi connectivity index (χ2v) is 6.76. The van der Waals surface area contributed by atoms with Crippen LogP contribution < -0.4 is 0 Å². The van der Waals surface area contributed by atoms with Crippen molar-refractivity contribution in [3.63, 3.8) is 0 Å². The molecule has 7 heteroatoms. The first-order valence-electron chi connectivity index (χ1n) is 7.86. The van der Waals surface area contributed by atoms with Crippen molar-refractivity contribution < 1.29 is 27.5 Å². The third-order valence-corrected chi connectivity index (χ3v) is 4.84. The summed E-state index contributed by atoms with van der Waals surface area (Å²) in [6.45, 7) is -0.129. The molecule has 0 spiro atoms. The minimum Gasteiger partial charge on any atom is -0.457 e. The Balaban J connectivity index is 1.93. The molecule has 0 aliphatic carbocycles. The van der Waals surface area contributed by atoms with Gasteiger partial charge < -0.3 is 4.74 Å². The van der Waals surface area contributed by atoms with E-state index in [4.69, 9.17) is 4.74 Å². The smallest absolute Gasteiger partial charge is 0.417 e. The minimum atomic E-state index is -4.69. The molecule has 3 nitrogen and oxygen atoms in total. The summed E-state index contributed by atoms with van der Waals surface area (Å²) >= 11 is 1.13. The van der Waals surface area contributed by atoms with Crippen molar-refractivity contribution in [1.29, 1.82) is 0 Å². The lowest BCUT2D eigenvalue weighted by Crippen LogP contribution is -2.15. The van der Waals surface area contributed by atoms with E-state index in [2.05, 4.69) is 0 Å². The summed E-state index contributed by atoms with van der Waals surface area (Å²) in [6.07, 6.45) is -4.03. The molecular weight excluding hydrogens is 377 g/mol. The predicted molar refractivity (Wildman–Crippen MR) is 95.7 cm³/mol. The molecule has 0 saturated carbocycles. The summed E-state index contributed by atoms with van der Waals surface area (Å²) < 4.78 is 45.0. The molecule has 0 radical (unpaired) electrons. The molecule has 2 aromatic carbocycles. The van der Waals surface area contributed by atoms with Crippen LogP contribution in [0.25, 0.3) is 10.4 Å². The number of carbonyl (C=O) groups is 2. The molecule has 138 valence electrons. The maximum absolute atomic E-state index is 13.3. The summed E-state index contributed by atoms with van der Waals surface area (Å²) in [6, 6.07) is 15.2. The van der Waals surface area contributed by atoms with Gasteiger partial charge in [0.2, 0.25) is 0 Å². The maximum Gasteiger partial charge on any atom is 0.417 e. The quantitative estimate of drug-likeness (QED) is 0.421. The van der Waals surface area contributed by atoms with Gasteiger partial charge in [0.25, 0.3) is 0 Å². The van der Waals surface area contributed by atoms with Gasteiger partial charge >= 0.3 is 12.1 Å². The van der Waals surface area contributed by atoms with E-state index < -0.39 is 23.3 Å². The molecule has 0 amide bonds. The predicted octanol–water partition coefficient (Wildman–Crippen LogP) is 5.60. The zero-order valence-corrected chi connectivity index (χ0v) is 14.6. The van der Waals surface area contributed by atoms with Crippen molar-refractivity contribution in [2.45, 2.75) is 12.8 Å². The van der Waals surface area contributed by atoms with E-state index in [0.29, 0.717) is 27.2 Å². The Hall–Kier alpha value is -2.93. The molecule has 3 aromatic rings. The Kier molecular flexibility index (Phi) is 5.41. The minimum absolute atomic E-state index is 0.129. The summed E-state index contributed by atoms with van der Waals surface area (Å²) in [5.41, 5.74) is -0.536. The second kappa shape index (κ2) is 7.75. The molecule has 0 aliphatic heterocycles. The van der Waals surface area contributed by atoms with Crippen LogP contribution in [0.3, 0.4) is 0 Å². The van der Waals surface area contributed by atoms with Gasteiger partial charge in [-0.25, -0.2) is 4.79 Å². The molecule has 0 atom stereocenters. The molecule has 3 rings (SSSR count). The number of alkyl halides is 3. The fraction of sp³-hybridized carbons (Fsp3) is 0.100. The molecule has 0 unspecified atom stereocenters. The van der Waals surface area contributed by atoms with Gasteiger partial charge in [0, 0.05) is 4.88 Å². The third-order valence-electron chi connectivity index (χ3n) is 3.79. The first kappa shape index (κ1) is 18.8. The van der Waals surface area contributed by atoms with Crippen molar-refractivity contribution in [2.24, 2.45) is 0 Å². The summed E-state index contributed by atoms with van der Waals surface area (Å²) in [7, 11) is 0. The Morgan fingerprint density at radius 2 is 1.78 bits per heavy atom. The number of thiophene rings is 1. The van der Waals surface area contributed by atoms with Gasteiger partial charge in [0.1, 0.15) is 6.61 Å². The van der Waals surface area contributed by atoms with E-state index in [1.165, 1.54) is 6.07 Å². The van der Waals surface area contributed by atoms with Crippen LogP contribution in [-0.2, 0) is 17.5 Å². The van der Waals surface area contributed by atoms with Crippen LogP contribution >= 0.6 is 11.3 Å². The number of ether oxygens (including phenoxy) is 1. The number of benzene rings is 2. The largest absolute Gasteiger partial charge is 0.457 e. The van der Waals surface area contributed by atoms with Gasteiger partial charge in [-0.1, -0.05) is 36.4 Å². The summed E-state index contributed by atoms with van der Waals surface area (Å²) in [5, 5.41) is 0. The highest BCUT2D eigenvalue weighted by molar-refractivity contribution is 7.17. The van der Waals surface area contributed by atoms with Crippen LogP contribution in [0.2, 0.25) is 0 Å². The number of hydrogen-bond donors (Lipinski definition) is 0. The number of halogens is 3. The molecule has 0 fully saturated rings. The molecule has 1 heterocycles. The zero-order valence-electron chi connectivity index (χ0n) is 13.8. The molecule has 27 heavy (non-hydrogen) atoms. The fourth-order valence-electron chi connectivity index (χ4n) is 2.49. The second-order valence-electron chi connectivity index (χ2n) is 5.64. The monoisotopic (exact) mass is 390 g/mol. The average Bonchev–Trinajstić information content (AvgIpc) is 3.15. The van der Waals surface area contributed by atoms with Gasteiger partial charge in [0.15, 0.2) is 6.29 Å². The van der Waals surface area contributed by atoms with Gasteiger partial charge in [-0.15, -0.1) is 11.3 Å². The third kappa shape index (κ3) is 4.43. The van der Waals surface area contributed by atoms with E-state index in [1.54, 1.807) is 42.5 Å². The Labute approximate surface area is 157 Å². The maximum atomic E-state index is 13.3. The van der Waals surface area contributed by atoms with Crippen LogP contribution in [-0.4, -0.2) is 12.3 Å². The van der Waals surface area contributed by atoms with Gasteiger partial charge in [-0.3, -0.25) is 4.79 Å². The first-order chi connectivity index (χ1) is 12.9. The molecule has 1 aromatic heterocycles. The zero-order chi connectivity index (χ0) is 19.4. The lowest BCUT2D eigenvalue weighted by molar-refractivity contribution is -0.138. The van der Waals surface area contributed by atoms with Crippen molar-refractivity contribution >= 4 is 23.6 Å². The first-order valence-corrected chi connectivity index (χ1v) is 8.68. The Morgan fingerprint density at radius 1 is 1.04 bits per heavy atom. The van der Waals surface area contributed by atoms with Crippen LogP contribution in [0.15, 0.2) is 60.7 Å². The highest BCUT2D eigenvalue weighted by Gasteiger charge is 2.36. The number of carbonyl (C=O) groups excluding carboxylic acids is 2. The van der Waals surface area contributed by atoms with Crippen molar-refractivity contribution in [3.05, 3.63) is 82.2 Å². The van der Waals surface area contributed by atoms with Crippen molar-refractivity contribution in [3.8, 4) is 10.4 Å². The molecule has 0 N–H and O–H groups in total. The highest BCUT2D eigenvalue weighted by Crippen LogP contribution is 2.36. The normalized spacial score (nSPS) is 11.2. The molecule has 0 aliphatic rings. The van der Waals surface area contributed by atoms with E-state index >= 15 is 0 Å². The van der Waals surface area contributed by atoms with Crippen LogP contribution in [0, 0.1) is 0 Å². The average molecular weight is 390 g/mol. The van der Waals surface area contributed by atoms with Gasteiger partial charge in [-0.2, -0.15) is 13.2 Å². The topological polar surface area (TPSA) is 43.4 Å². The molecule has 0 bridgehead atoms. The van der Waals surface area contributed by atoms with E-state index in [0.717, 1.165) is 23.5 Å². The van der Waals surface area contributed by atoms with Crippen molar-refractivity contribution in [2.75, 3.05) is 0 Å². The highest BCUT2D eigenvalue weighted by atomic mass is 32.1. The van der Waals surface area contributed by atoms with Crippen LogP contribution in [0.1, 0.15) is 31.2 Å². The SMILES string of the molecule is O=Cc1ccc(-c2ccc(C(F)(F)F)c(C(=O)OCc3ccccc3)c2)s1. The van der Waals surface area contributed by atoms with Gasteiger partial charge in [-0.05, 0) is 35.4 Å².